The zero-order valence-electron chi connectivity index (χ0n) is 9.04. The lowest BCUT2D eigenvalue weighted by molar-refractivity contribution is 0.0945. The Balaban J connectivity index is 2.44. The van der Waals surface area contributed by atoms with Crippen LogP contribution in [0.2, 0.25) is 0 Å². The van der Waals surface area contributed by atoms with Crippen LogP contribution in [0.5, 0.6) is 0 Å². The highest BCUT2D eigenvalue weighted by molar-refractivity contribution is 9.10. The summed E-state index contributed by atoms with van der Waals surface area (Å²) in [5.41, 5.74) is 1.34. The summed E-state index contributed by atoms with van der Waals surface area (Å²) in [6.45, 7) is 3.86. The van der Waals surface area contributed by atoms with Gasteiger partial charge in [-0.25, -0.2) is 4.98 Å². The van der Waals surface area contributed by atoms with Crippen molar-refractivity contribution in [2.24, 2.45) is 0 Å². The minimum atomic E-state index is -0.0823. The van der Waals surface area contributed by atoms with Gasteiger partial charge in [-0.3, -0.25) is 4.79 Å². The van der Waals surface area contributed by atoms with E-state index < -0.39 is 0 Å². The van der Waals surface area contributed by atoms with Crippen molar-refractivity contribution in [1.29, 1.82) is 0 Å². The number of nitrogens with one attached hydrogen (secondary N) is 2. The average molecular weight is 282 g/mol. The fourth-order valence-corrected chi connectivity index (χ4v) is 1.84. The molecule has 0 radical (unpaired) electrons. The molecule has 2 rings (SSSR count). The standard InChI is InChI=1S/C11H12BrN3O/c1-6(2)15-11(16)9-5-14-10-8(9)3-7(12)4-13-10/h3-6H,1-2H3,(H,13,14)(H,15,16). The molecule has 0 fully saturated rings. The van der Waals surface area contributed by atoms with Crippen molar-refractivity contribution in [3.05, 3.63) is 28.5 Å². The van der Waals surface area contributed by atoms with Gasteiger partial charge in [-0.2, -0.15) is 0 Å². The number of hydrogen-bond donors (Lipinski definition) is 2. The van der Waals surface area contributed by atoms with E-state index in [9.17, 15) is 4.79 Å². The Morgan fingerprint density at radius 1 is 1.56 bits per heavy atom. The Bertz CT molecular complexity index is 533. The van der Waals surface area contributed by atoms with Gasteiger partial charge < -0.3 is 10.3 Å². The van der Waals surface area contributed by atoms with E-state index in [-0.39, 0.29) is 11.9 Å². The molecule has 5 heteroatoms. The van der Waals surface area contributed by atoms with Crippen molar-refractivity contribution in [1.82, 2.24) is 15.3 Å². The molecule has 2 N–H and O–H groups in total. The molecule has 0 aliphatic carbocycles. The molecule has 0 saturated carbocycles. The van der Waals surface area contributed by atoms with Gasteiger partial charge in [0.05, 0.1) is 5.56 Å². The van der Waals surface area contributed by atoms with E-state index in [0.717, 1.165) is 15.5 Å². The van der Waals surface area contributed by atoms with E-state index in [0.29, 0.717) is 5.56 Å². The molecule has 0 saturated heterocycles. The number of fused-ring (bicyclic) bond motifs is 1. The lowest BCUT2D eigenvalue weighted by atomic mass is 10.2. The molecule has 2 heterocycles. The number of H-pyrrole nitrogens is 1. The number of pyridine rings is 1. The van der Waals surface area contributed by atoms with Crippen LogP contribution in [0.25, 0.3) is 11.0 Å². The number of carbonyl (C=O) groups is 1. The number of hydrogen-bond acceptors (Lipinski definition) is 2. The van der Waals surface area contributed by atoms with Gasteiger partial charge in [-0.05, 0) is 35.8 Å². The molecule has 0 aromatic carbocycles. The van der Waals surface area contributed by atoms with Gasteiger partial charge in [0, 0.05) is 28.3 Å². The van der Waals surface area contributed by atoms with E-state index in [1.54, 1.807) is 12.4 Å². The monoisotopic (exact) mass is 281 g/mol. The van der Waals surface area contributed by atoms with Crippen molar-refractivity contribution in [3.63, 3.8) is 0 Å². The molecule has 0 bridgehead atoms. The average Bonchev–Trinajstić information content (AvgIpc) is 2.59. The van der Waals surface area contributed by atoms with E-state index in [1.807, 2.05) is 19.9 Å². The third-order valence-electron chi connectivity index (χ3n) is 2.16. The van der Waals surface area contributed by atoms with Crippen molar-refractivity contribution >= 4 is 32.9 Å². The minimum Gasteiger partial charge on any atom is -0.350 e. The molecule has 0 aliphatic heterocycles. The third kappa shape index (κ3) is 2.09. The zero-order valence-corrected chi connectivity index (χ0v) is 10.6. The Morgan fingerprint density at radius 2 is 2.31 bits per heavy atom. The van der Waals surface area contributed by atoms with Gasteiger partial charge in [0.25, 0.3) is 5.91 Å². The quantitative estimate of drug-likeness (QED) is 0.889. The van der Waals surface area contributed by atoms with Gasteiger partial charge in [0.1, 0.15) is 5.65 Å². The van der Waals surface area contributed by atoms with E-state index in [4.69, 9.17) is 0 Å². The molecule has 1 amide bonds. The Hall–Kier alpha value is -1.36. The van der Waals surface area contributed by atoms with Gasteiger partial charge in [0.15, 0.2) is 0 Å². The van der Waals surface area contributed by atoms with Gasteiger partial charge >= 0.3 is 0 Å². The molecule has 2 aromatic rings. The molecule has 4 nitrogen and oxygen atoms in total. The number of halogens is 1. The van der Waals surface area contributed by atoms with Crippen molar-refractivity contribution < 1.29 is 4.79 Å². The smallest absolute Gasteiger partial charge is 0.253 e. The normalized spacial score (nSPS) is 11.0. The van der Waals surface area contributed by atoms with Crippen LogP contribution in [0.1, 0.15) is 24.2 Å². The first-order valence-electron chi connectivity index (χ1n) is 5.01. The lowest BCUT2D eigenvalue weighted by Gasteiger charge is -2.06. The van der Waals surface area contributed by atoms with E-state index >= 15 is 0 Å². The molecule has 0 aliphatic rings. The number of carbonyl (C=O) groups excluding carboxylic acids is 1. The lowest BCUT2D eigenvalue weighted by Crippen LogP contribution is -2.29. The molecule has 0 unspecified atom stereocenters. The molecule has 0 spiro atoms. The van der Waals surface area contributed by atoms with Crippen LogP contribution in [0.3, 0.4) is 0 Å². The second kappa shape index (κ2) is 4.25. The van der Waals surface area contributed by atoms with Crippen molar-refractivity contribution in [3.8, 4) is 0 Å². The highest BCUT2D eigenvalue weighted by atomic mass is 79.9. The first-order chi connectivity index (χ1) is 7.58. The van der Waals surface area contributed by atoms with Gasteiger partial charge in [-0.1, -0.05) is 0 Å². The largest absolute Gasteiger partial charge is 0.350 e. The Morgan fingerprint density at radius 3 is 3.00 bits per heavy atom. The number of rotatable bonds is 2. The van der Waals surface area contributed by atoms with Crippen LogP contribution in [-0.4, -0.2) is 21.9 Å². The molecule has 84 valence electrons. The summed E-state index contributed by atoms with van der Waals surface area (Å²) in [6, 6.07) is 2.01. The van der Waals surface area contributed by atoms with Gasteiger partial charge in [-0.15, -0.1) is 0 Å². The second-order valence-corrected chi connectivity index (χ2v) is 4.80. The van der Waals surface area contributed by atoms with E-state index in [2.05, 4.69) is 31.2 Å². The molecular formula is C11H12BrN3O. The molecular weight excluding hydrogens is 270 g/mol. The number of nitrogens with zero attached hydrogens (tertiary/aromatic N) is 1. The maximum Gasteiger partial charge on any atom is 0.253 e. The first-order valence-corrected chi connectivity index (χ1v) is 5.80. The zero-order chi connectivity index (χ0) is 11.7. The summed E-state index contributed by atoms with van der Waals surface area (Å²) in [4.78, 5) is 19.0. The van der Waals surface area contributed by atoms with Gasteiger partial charge in [0.2, 0.25) is 0 Å². The predicted molar refractivity (Wildman–Crippen MR) is 66.4 cm³/mol. The summed E-state index contributed by atoms with van der Waals surface area (Å²) in [7, 11) is 0. The number of amides is 1. The van der Waals surface area contributed by atoms with Crippen LogP contribution in [0, 0.1) is 0 Å². The molecule has 0 atom stereocenters. The SMILES string of the molecule is CC(C)NC(=O)c1c[nH]c2ncc(Br)cc12. The maximum atomic E-state index is 11.9. The fraction of sp³-hybridized carbons (Fsp3) is 0.273. The van der Waals surface area contributed by atoms with Crippen LogP contribution in [-0.2, 0) is 0 Å². The molecule has 16 heavy (non-hydrogen) atoms. The first kappa shape index (κ1) is 11.1. The summed E-state index contributed by atoms with van der Waals surface area (Å²) >= 11 is 3.34. The van der Waals surface area contributed by atoms with E-state index in [1.165, 1.54) is 0 Å². The van der Waals surface area contributed by atoms with Crippen LogP contribution in [0.4, 0.5) is 0 Å². The Kier molecular flexibility index (Phi) is 2.96. The Labute approximate surface area is 102 Å². The maximum absolute atomic E-state index is 11.9. The summed E-state index contributed by atoms with van der Waals surface area (Å²) in [5.74, 6) is -0.0823. The summed E-state index contributed by atoms with van der Waals surface area (Å²) < 4.78 is 0.859. The third-order valence-corrected chi connectivity index (χ3v) is 2.60. The van der Waals surface area contributed by atoms with Crippen LogP contribution >= 0.6 is 15.9 Å². The van der Waals surface area contributed by atoms with Crippen molar-refractivity contribution in [2.45, 2.75) is 19.9 Å². The highest BCUT2D eigenvalue weighted by Gasteiger charge is 2.13. The second-order valence-electron chi connectivity index (χ2n) is 3.88. The minimum absolute atomic E-state index is 0.0823. The number of aromatic nitrogens is 2. The summed E-state index contributed by atoms with van der Waals surface area (Å²) in [6.07, 6.45) is 3.38. The number of aromatic amines is 1. The van der Waals surface area contributed by atoms with Crippen LogP contribution < -0.4 is 5.32 Å². The topological polar surface area (TPSA) is 57.8 Å². The predicted octanol–water partition coefficient (Wildman–Crippen LogP) is 2.46. The summed E-state index contributed by atoms with van der Waals surface area (Å²) in [5, 5.41) is 3.68. The molecule has 2 aromatic heterocycles. The van der Waals surface area contributed by atoms with Crippen molar-refractivity contribution in [2.75, 3.05) is 0 Å². The fourth-order valence-electron chi connectivity index (χ4n) is 1.51. The van der Waals surface area contributed by atoms with Crippen LogP contribution in [0.15, 0.2) is 22.9 Å². The highest BCUT2D eigenvalue weighted by Crippen LogP contribution is 2.20.